The minimum absolute atomic E-state index is 0.0307. The van der Waals surface area contributed by atoms with E-state index >= 15 is 0 Å². The van der Waals surface area contributed by atoms with Crippen molar-refractivity contribution in [3.8, 4) is 0 Å². The number of methoxy groups -OCH3 is 1. The van der Waals surface area contributed by atoms with Gasteiger partial charge in [-0.2, -0.15) is 0 Å². The molecular formula is C21H27ClO3SSi. The SMILES string of the molecule is COC(=O)[C@H]([C@H](C)Sc1ccccc1)[C@@H](O[Si](C)(C)C)c1ccc(Cl)cc1. The summed E-state index contributed by atoms with van der Waals surface area (Å²) in [6, 6.07) is 17.6. The summed E-state index contributed by atoms with van der Waals surface area (Å²) in [7, 11) is -0.493. The molecule has 0 amide bonds. The Balaban J connectivity index is 2.40. The van der Waals surface area contributed by atoms with Crippen LogP contribution in [0.3, 0.4) is 0 Å². The number of hydrogen-bond acceptors (Lipinski definition) is 4. The molecule has 0 fully saturated rings. The van der Waals surface area contributed by atoms with Crippen molar-refractivity contribution in [1.29, 1.82) is 0 Å². The van der Waals surface area contributed by atoms with Gasteiger partial charge < -0.3 is 9.16 Å². The Bertz CT molecular complexity index is 731. The zero-order valence-corrected chi connectivity index (χ0v) is 19.0. The summed E-state index contributed by atoms with van der Waals surface area (Å²) in [4.78, 5) is 13.9. The van der Waals surface area contributed by atoms with Crippen LogP contribution in [0.25, 0.3) is 0 Å². The van der Waals surface area contributed by atoms with E-state index in [1.165, 1.54) is 7.11 Å². The topological polar surface area (TPSA) is 35.5 Å². The number of esters is 1. The minimum Gasteiger partial charge on any atom is -0.469 e. The second kappa shape index (κ2) is 9.78. The van der Waals surface area contributed by atoms with Crippen LogP contribution in [0.1, 0.15) is 18.6 Å². The van der Waals surface area contributed by atoms with Crippen molar-refractivity contribution in [2.45, 2.75) is 42.8 Å². The average molecular weight is 423 g/mol. The Labute approximate surface area is 172 Å². The Morgan fingerprint density at radius 1 is 1.04 bits per heavy atom. The number of carbonyl (C=O) groups is 1. The molecule has 6 heteroatoms. The van der Waals surface area contributed by atoms with Gasteiger partial charge in [0, 0.05) is 15.2 Å². The molecule has 0 heterocycles. The highest BCUT2D eigenvalue weighted by Gasteiger charge is 2.38. The average Bonchev–Trinajstić information content (AvgIpc) is 2.61. The standard InChI is InChI=1S/C21H27ClO3SSi/c1-15(26-18-9-7-6-8-10-18)19(21(23)24-2)20(25-27(3,4)5)16-11-13-17(22)14-12-16/h6-15,19-20H,1-5H3/t15-,19+,20-/m0/s1. The van der Waals surface area contributed by atoms with Crippen molar-refractivity contribution in [3.05, 3.63) is 65.2 Å². The van der Waals surface area contributed by atoms with E-state index in [2.05, 4.69) is 26.6 Å². The van der Waals surface area contributed by atoms with Crippen LogP contribution in [0.15, 0.2) is 59.5 Å². The van der Waals surface area contributed by atoms with Crippen LogP contribution >= 0.6 is 23.4 Å². The number of ether oxygens (including phenoxy) is 1. The Morgan fingerprint density at radius 2 is 1.63 bits per heavy atom. The van der Waals surface area contributed by atoms with E-state index in [1.54, 1.807) is 11.8 Å². The fraction of sp³-hybridized carbons (Fsp3) is 0.381. The van der Waals surface area contributed by atoms with Crippen molar-refractivity contribution < 1.29 is 14.0 Å². The van der Waals surface area contributed by atoms with E-state index in [0.29, 0.717) is 5.02 Å². The first-order valence-electron chi connectivity index (χ1n) is 8.94. The van der Waals surface area contributed by atoms with Crippen LogP contribution < -0.4 is 0 Å². The molecule has 3 atom stereocenters. The highest BCUT2D eigenvalue weighted by Crippen LogP contribution is 2.39. The molecule has 0 aliphatic heterocycles. The molecule has 0 unspecified atom stereocenters. The van der Waals surface area contributed by atoms with Gasteiger partial charge in [-0.3, -0.25) is 4.79 Å². The highest BCUT2D eigenvalue weighted by molar-refractivity contribution is 8.00. The largest absolute Gasteiger partial charge is 0.469 e. The van der Waals surface area contributed by atoms with Gasteiger partial charge in [0.05, 0.1) is 19.1 Å². The van der Waals surface area contributed by atoms with Crippen LogP contribution in [0.4, 0.5) is 0 Å². The van der Waals surface area contributed by atoms with Gasteiger partial charge in [0.2, 0.25) is 0 Å². The maximum absolute atomic E-state index is 12.8. The fourth-order valence-corrected chi connectivity index (χ4v) is 5.18. The maximum Gasteiger partial charge on any atom is 0.312 e. The molecule has 2 aromatic rings. The predicted octanol–water partition coefficient (Wildman–Crippen LogP) is 6.20. The van der Waals surface area contributed by atoms with E-state index in [1.807, 2.05) is 54.6 Å². The summed E-state index contributed by atoms with van der Waals surface area (Å²) in [5, 5.41) is 0.628. The second-order valence-corrected chi connectivity index (χ2v) is 13.7. The number of halogens is 1. The molecule has 2 rings (SSSR count). The van der Waals surface area contributed by atoms with Gasteiger partial charge in [0.25, 0.3) is 0 Å². The molecular weight excluding hydrogens is 396 g/mol. The zero-order valence-electron chi connectivity index (χ0n) is 16.4. The van der Waals surface area contributed by atoms with Gasteiger partial charge in [-0.15, -0.1) is 11.8 Å². The van der Waals surface area contributed by atoms with E-state index in [9.17, 15) is 4.79 Å². The van der Waals surface area contributed by atoms with E-state index in [-0.39, 0.29) is 17.3 Å². The first-order valence-corrected chi connectivity index (χ1v) is 13.6. The summed E-state index contributed by atoms with van der Waals surface area (Å²) in [5.74, 6) is -0.697. The predicted molar refractivity (Wildman–Crippen MR) is 116 cm³/mol. The minimum atomic E-state index is -1.93. The van der Waals surface area contributed by atoms with Crippen molar-refractivity contribution in [3.63, 3.8) is 0 Å². The fourth-order valence-electron chi connectivity index (χ4n) is 2.87. The summed E-state index contributed by atoms with van der Waals surface area (Å²) >= 11 is 7.72. The van der Waals surface area contributed by atoms with Crippen LogP contribution in [-0.4, -0.2) is 26.6 Å². The third-order valence-corrected chi connectivity index (χ3v) is 6.47. The van der Waals surface area contributed by atoms with Crippen molar-refractivity contribution in [2.75, 3.05) is 7.11 Å². The van der Waals surface area contributed by atoms with Crippen LogP contribution in [-0.2, 0) is 14.0 Å². The van der Waals surface area contributed by atoms with Crippen molar-refractivity contribution in [1.82, 2.24) is 0 Å². The van der Waals surface area contributed by atoms with Crippen LogP contribution in [0.5, 0.6) is 0 Å². The lowest BCUT2D eigenvalue weighted by molar-refractivity contribution is -0.149. The van der Waals surface area contributed by atoms with Gasteiger partial charge in [-0.1, -0.05) is 48.9 Å². The number of carbonyl (C=O) groups excluding carboxylic acids is 1. The molecule has 0 spiro atoms. The molecule has 27 heavy (non-hydrogen) atoms. The quantitative estimate of drug-likeness (QED) is 0.288. The highest BCUT2D eigenvalue weighted by atomic mass is 35.5. The summed E-state index contributed by atoms with van der Waals surface area (Å²) in [6.07, 6.45) is -0.382. The van der Waals surface area contributed by atoms with Gasteiger partial charge in [-0.25, -0.2) is 0 Å². The van der Waals surface area contributed by atoms with E-state index in [4.69, 9.17) is 20.8 Å². The first-order chi connectivity index (χ1) is 12.7. The summed E-state index contributed by atoms with van der Waals surface area (Å²) in [6.45, 7) is 8.42. The molecule has 3 nitrogen and oxygen atoms in total. The number of thioether (sulfide) groups is 1. The molecule has 0 aliphatic carbocycles. The molecule has 0 aromatic heterocycles. The zero-order chi connectivity index (χ0) is 20.0. The van der Waals surface area contributed by atoms with Crippen molar-refractivity contribution in [2.24, 2.45) is 5.92 Å². The van der Waals surface area contributed by atoms with E-state index < -0.39 is 14.2 Å². The third-order valence-electron chi connectivity index (χ3n) is 4.05. The number of rotatable bonds is 8. The summed E-state index contributed by atoms with van der Waals surface area (Å²) < 4.78 is 11.7. The molecule has 0 N–H and O–H groups in total. The molecule has 0 saturated heterocycles. The molecule has 146 valence electrons. The lowest BCUT2D eigenvalue weighted by Crippen LogP contribution is -2.38. The molecule has 0 bridgehead atoms. The van der Waals surface area contributed by atoms with Crippen LogP contribution in [0, 0.1) is 5.92 Å². The van der Waals surface area contributed by atoms with Crippen molar-refractivity contribution >= 4 is 37.6 Å². The number of benzene rings is 2. The first kappa shape index (κ1) is 22.0. The van der Waals surface area contributed by atoms with Gasteiger partial charge in [0.1, 0.15) is 0 Å². The molecule has 0 aliphatic rings. The Hall–Kier alpha value is -1.27. The third kappa shape index (κ3) is 6.68. The monoisotopic (exact) mass is 422 g/mol. The normalized spacial score (nSPS) is 15.0. The molecule has 2 aromatic carbocycles. The molecule has 0 saturated carbocycles. The maximum atomic E-state index is 12.8. The second-order valence-electron chi connectivity index (χ2n) is 7.39. The Morgan fingerprint density at radius 3 is 2.15 bits per heavy atom. The Kier molecular flexibility index (Phi) is 7.98. The number of hydrogen-bond donors (Lipinski definition) is 0. The molecule has 0 radical (unpaired) electrons. The van der Waals surface area contributed by atoms with E-state index in [0.717, 1.165) is 10.5 Å². The lowest BCUT2D eigenvalue weighted by atomic mass is 9.93. The smallest absolute Gasteiger partial charge is 0.312 e. The van der Waals surface area contributed by atoms with Crippen LogP contribution in [0.2, 0.25) is 24.7 Å². The van der Waals surface area contributed by atoms with Gasteiger partial charge >= 0.3 is 5.97 Å². The van der Waals surface area contributed by atoms with Gasteiger partial charge in [0.15, 0.2) is 8.32 Å². The summed E-state index contributed by atoms with van der Waals surface area (Å²) in [5.41, 5.74) is 0.942. The van der Waals surface area contributed by atoms with Gasteiger partial charge in [-0.05, 0) is 49.5 Å². The lowest BCUT2D eigenvalue weighted by Gasteiger charge is -2.34.